The molecule has 1 unspecified atom stereocenters. The Morgan fingerprint density at radius 2 is 2.59 bits per heavy atom. The van der Waals surface area contributed by atoms with Gasteiger partial charge in [0.05, 0.1) is 12.0 Å². The Bertz CT molecular complexity index is 358. The first-order valence-electron chi connectivity index (χ1n) is 6.01. The quantitative estimate of drug-likeness (QED) is 0.779. The number of amides is 1. The summed E-state index contributed by atoms with van der Waals surface area (Å²) in [7, 11) is 0. The molecule has 2 rings (SSSR count). The predicted octanol–water partition coefficient (Wildman–Crippen LogP) is 0.466. The van der Waals surface area contributed by atoms with Gasteiger partial charge < -0.3 is 15.2 Å². The van der Waals surface area contributed by atoms with Crippen LogP contribution in [0.5, 0.6) is 0 Å². The van der Waals surface area contributed by atoms with Crippen molar-refractivity contribution in [1.82, 2.24) is 20.8 Å². The first-order chi connectivity index (χ1) is 8.27. The van der Waals surface area contributed by atoms with Gasteiger partial charge >= 0.3 is 0 Å². The zero-order valence-corrected chi connectivity index (χ0v) is 10.0. The molecule has 2 N–H and O–H groups in total. The number of aromatic nitrogens is 2. The molecule has 0 radical (unpaired) electrons. The molecule has 1 aliphatic rings. The molecular weight excluding hydrogens is 220 g/mol. The van der Waals surface area contributed by atoms with Crippen LogP contribution in [-0.4, -0.2) is 29.1 Å². The summed E-state index contributed by atoms with van der Waals surface area (Å²) in [6, 6.07) is 0. The molecule has 1 saturated heterocycles. The molecular formula is C11H18N4O2. The number of carbonyl (C=O) groups excluding carboxylic acids is 1. The molecule has 0 spiro atoms. The Kier molecular flexibility index (Phi) is 3.73. The van der Waals surface area contributed by atoms with Crippen molar-refractivity contribution in [1.29, 1.82) is 0 Å². The van der Waals surface area contributed by atoms with Crippen LogP contribution in [0.25, 0.3) is 0 Å². The van der Waals surface area contributed by atoms with Gasteiger partial charge in [0.2, 0.25) is 12.3 Å². The highest BCUT2D eigenvalue weighted by atomic mass is 16.5. The van der Waals surface area contributed by atoms with Crippen LogP contribution < -0.4 is 10.6 Å². The maximum Gasteiger partial charge on any atom is 0.227 e. The van der Waals surface area contributed by atoms with Gasteiger partial charge in [0, 0.05) is 6.54 Å². The van der Waals surface area contributed by atoms with Crippen LogP contribution in [-0.2, 0) is 11.3 Å². The molecule has 94 valence electrons. The summed E-state index contributed by atoms with van der Waals surface area (Å²) in [6.07, 6.45) is 4.09. The minimum atomic E-state index is -0.252. The lowest BCUT2D eigenvalue weighted by molar-refractivity contribution is -0.130. The monoisotopic (exact) mass is 238 g/mol. The van der Waals surface area contributed by atoms with E-state index in [1.54, 1.807) is 0 Å². The Morgan fingerprint density at radius 1 is 1.71 bits per heavy atom. The third kappa shape index (κ3) is 2.63. The first-order valence-corrected chi connectivity index (χ1v) is 6.01. The highest BCUT2D eigenvalue weighted by molar-refractivity contribution is 5.83. The summed E-state index contributed by atoms with van der Waals surface area (Å²) in [5, 5.41) is 9.82. The minimum absolute atomic E-state index is 0.0918. The van der Waals surface area contributed by atoms with Crippen molar-refractivity contribution in [3.63, 3.8) is 0 Å². The molecule has 6 heteroatoms. The molecule has 1 atom stereocenters. The predicted molar refractivity (Wildman–Crippen MR) is 61.0 cm³/mol. The normalized spacial score (nSPS) is 23.8. The van der Waals surface area contributed by atoms with Gasteiger partial charge in [-0.3, -0.25) is 4.79 Å². The number of rotatable bonds is 5. The van der Waals surface area contributed by atoms with Crippen LogP contribution in [0.4, 0.5) is 0 Å². The molecule has 0 aliphatic carbocycles. The Labute approximate surface area is 100 Å². The van der Waals surface area contributed by atoms with E-state index in [1.807, 2.05) is 0 Å². The maximum atomic E-state index is 12.2. The molecule has 6 nitrogen and oxygen atoms in total. The van der Waals surface area contributed by atoms with Gasteiger partial charge in [-0.2, -0.15) is 4.98 Å². The number of nitrogens with zero attached hydrogens (tertiary/aromatic N) is 2. The lowest BCUT2D eigenvalue weighted by Crippen LogP contribution is -2.42. The third-order valence-electron chi connectivity index (χ3n) is 3.27. The van der Waals surface area contributed by atoms with Gasteiger partial charge in [0.25, 0.3) is 0 Å². The zero-order chi connectivity index (χ0) is 12.1. The maximum absolute atomic E-state index is 12.2. The Morgan fingerprint density at radius 3 is 3.18 bits per heavy atom. The smallest absolute Gasteiger partial charge is 0.227 e. The fraction of sp³-hybridized carbons (Fsp3) is 0.727. The second-order valence-electron chi connectivity index (χ2n) is 4.49. The van der Waals surface area contributed by atoms with E-state index in [9.17, 15) is 4.79 Å². The standard InChI is InChI=1S/C11H18N4O2/c1-2-3-11(4-5-12-7-11)10(16)13-6-9-14-8-17-15-9/h8,12H,2-7H2,1H3,(H,13,16). The van der Waals surface area contributed by atoms with Crippen LogP contribution in [0.2, 0.25) is 0 Å². The van der Waals surface area contributed by atoms with Gasteiger partial charge in [0.15, 0.2) is 5.82 Å². The Balaban J connectivity index is 1.92. The summed E-state index contributed by atoms with van der Waals surface area (Å²) >= 11 is 0. The third-order valence-corrected chi connectivity index (χ3v) is 3.27. The second-order valence-corrected chi connectivity index (χ2v) is 4.49. The van der Waals surface area contributed by atoms with Crippen molar-refractivity contribution in [2.75, 3.05) is 13.1 Å². The fourth-order valence-electron chi connectivity index (χ4n) is 2.36. The van der Waals surface area contributed by atoms with Crippen LogP contribution in [0.3, 0.4) is 0 Å². The average molecular weight is 238 g/mol. The van der Waals surface area contributed by atoms with E-state index in [-0.39, 0.29) is 11.3 Å². The second kappa shape index (κ2) is 5.27. The molecule has 2 heterocycles. The van der Waals surface area contributed by atoms with Crippen molar-refractivity contribution < 1.29 is 9.32 Å². The van der Waals surface area contributed by atoms with E-state index < -0.39 is 0 Å². The number of nitrogens with one attached hydrogen (secondary N) is 2. The van der Waals surface area contributed by atoms with Crippen LogP contribution >= 0.6 is 0 Å². The molecule has 1 amide bonds. The number of hydrogen-bond donors (Lipinski definition) is 2. The van der Waals surface area contributed by atoms with Gasteiger partial charge in [-0.05, 0) is 19.4 Å². The van der Waals surface area contributed by atoms with Crippen molar-refractivity contribution in [3.8, 4) is 0 Å². The molecule has 1 aromatic heterocycles. The zero-order valence-electron chi connectivity index (χ0n) is 10.0. The van der Waals surface area contributed by atoms with E-state index in [2.05, 4.69) is 32.2 Å². The minimum Gasteiger partial charge on any atom is -0.348 e. The van der Waals surface area contributed by atoms with Gasteiger partial charge in [-0.15, -0.1) is 0 Å². The van der Waals surface area contributed by atoms with E-state index >= 15 is 0 Å². The average Bonchev–Trinajstić information content (AvgIpc) is 2.97. The van der Waals surface area contributed by atoms with E-state index in [4.69, 9.17) is 0 Å². The highest BCUT2D eigenvalue weighted by Gasteiger charge is 2.40. The van der Waals surface area contributed by atoms with Gasteiger partial charge in [-0.1, -0.05) is 18.5 Å². The Hall–Kier alpha value is -1.43. The topological polar surface area (TPSA) is 80.1 Å². The van der Waals surface area contributed by atoms with Crippen LogP contribution in [0.1, 0.15) is 32.0 Å². The molecule has 0 aromatic carbocycles. The lowest BCUT2D eigenvalue weighted by Gasteiger charge is -2.26. The molecule has 1 aliphatic heterocycles. The van der Waals surface area contributed by atoms with Gasteiger partial charge in [0.1, 0.15) is 0 Å². The van der Waals surface area contributed by atoms with Crippen molar-refractivity contribution in [2.24, 2.45) is 5.41 Å². The largest absolute Gasteiger partial charge is 0.348 e. The molecule has 17 heavy (non-hydrogen) atoms. The summed E-state index contributed by atoms with van der Waals surface area (Å²) in [5.74, 6) is 0.602. The van der Waals surface area contributed by atoms with Crippen molar-refractivity contribution in [2.45, 2.75) is 32.7 Å². The van der Waals surface area contributed by atoms with E-state index in [0.29, 0.717) is 12.4 Å². The molecule has 1 fully saturated rings. The molecule has 1 aromatic rings. The SMILES string of the molecule is CCCC1(C(=O)NCc2ncon2)CCNC1. The summed E-state index contributed by atoms with van der Waals surface area (Å²) in [6.45, 7) is 4.11. The fourth-order valence-corrected chi connectivity index (χ4v) is 2.36. The molecule has 0 bridgehead atoms. The van der Waals surface area contributed by atoms with Crippen molar-refractivity contribution in [3.05, 3.63) is 12.2 Å². The van der Waals surface area contributed by atoms with Crippen LogP contribution in [0, 0.1) is 5.41 Å². The molecule has 0 saturated carbocycles. The highest BCUT2D eigenvalue weighted by Crippen LogP contribution is 2.31. The van der Waals surface area contributed by atoms with Gasteiger partial charge in [-0.25, -0.2) is 0 Å². The lowest BCUT2D eigenvalue weighted by atomic mass is 9.81. The van der Waals surface area contributed by atoms with E-state index in [1.165, 1.54) is 6.39 Å². The number of hydrogen-bond acceptors (Lipinski definition) is 5. The van der Waals surface area contributed by atoms with Crippen LogP contribution in [0.15, 0.2) is 10.9 Å². The van der Waals surface area contributed by atoms with E-state index in [0.717, 1.165) is 32.4 Å². The number of carbonyl (C=O) groups is 1. The first kappa shape index (κ1) is 12.0. The summed E-state index contributed by atoms with van der Waals surface area (Å²) in [4.78, 5) is 16.1. The summed E-state index contributed by atoms with van der Waals surface area (Å²) in [5.41, 5.74) is -0.252. The van der Waals surface area contributed by atoms with Crippen molar-refractivity contribution >= 4 is 5.91 Å². The summed E-state index contributed by atoms with van der Waals surface area (Å²) < 4.78 is 4.62.